The predicted molar refractivity (Wildman–Crippen MR) is 346 cm³/mol. The molecule has 2 fully saturated rings. The molecule has 0 bridgehead atoms. The zero-order valence-corrected chi connectivity index (χ0v) is 54.6. The average molecular weight is 1260 g/mol. The standard InChI is InChI=1S/C37H53F2N3O4.C35H49F2N3O4/c1-5-9-28(35(44)40-24-26-14-12-25(4)13-15-26)22-34(43)33(20-27-18-31(38)23-32(39)19-27)41-36(45)29-10-8-11-30(21-29)37(46)42(16-6-2)17-7-3;1-5-14-40(15-6-2)35(44)28-9-7-8-27(20-28)34(43)39-31(19-26-17-29(36)21-30(37)18-26)32(41)16-24(4)33(42)38-22-25-12-10-23(3)11-13-25/h8,10-11,18-19,21,23,25-26,28,33-34,43H,5-7,9,12-17,20,22,24H2,1-4H3,(H,40,44)(H,41,45);7-9,17-18,20-21,23-25,31-32,41H,5-6,10-16,19,22H2,1-4H3,(H,38,42)(H,39,43). The maximum Gasteiger partial charge on any atom is 0.253 e. The molecule has 14 nitrogen and oxygen atoms in total. The van der Waals surface area contributed by atoms with Crippen molar-refractivity contribution in [3.63, 3.8) is 0 Å². The van der Waals surface area contributed by atoms with Crippen LogP contribution in [-0.2, 0) is 22.4 Å². The van der Waals surface area contributed by atoms with Gasteiger partial charge in [0.2, 0.25) is 11.8 Å². The number of hydrogen-bond acceptors (Lipinski definition) is 8. The number of aliphatic hydroxyl groups excluding tert-OH is 2. The van der Waals surface area contributed by atoms with Gasteiger partial charge in [0.25, 0.3) is 23.6 Å². The van der Waals surface area contributed by atoms with Crippen molar-refractivity contribution in [3.8, 4) is 0 Å². The number of hydrogen-bond donors (Lipinski definition) is 6. The lowest BCUT2D eigenvalue weighted by Crippen LogP contribution is -2.47. The SMILES string of the molecule is CCCC(CC(O)C(Cc1cc(F)cc(F)c1)NC(=O)c1cccc(C(=O)N(CCC)CCC)c1)C(=O)NCC1CCC(C)CC1.CCCN(CCC)C(=O)c1cccc(C(=O)NC(Cc2cc(F)cc(F)c2)C(O)CC(C)C(=O)NCC2CCC(C)CC2)c1. The van der Waals surface area contributed by atoms with Crippen molar-refractivity contribution in [2.24, 2.45) is 35.5 Å². The largest absolute Gasteiger partial charge is 0.391 e. The van der Waals surface area contributed by atoms with Gasteiger partial charge < -0.3 is 41.3 Å². The van der Waals surface area contributed by atoms with Gasteiger partial charge in [0.1, 0.15) is 23.3 Å². The second kappa shape index (κ2) is 38.3. The Hall–Kier alpha value is -6.66. The fourth-order valence-electron chi connectivity index (χ4n) is 12.4. The highest BCUT2D eigenvalue weighted by molar-refractivity contribution is 6.01. The van der Waals surface area contributed by atoms with Crippen LogP contribution in [0, 0.1) is 58.8 Å². The summed E-state index contributed by atoms with van der Waals surface area (Å²) in [5.74, 6) is -3.48. The minimum Gasteiger partial charge on any atom is -0.391 e. The second-order valence-corrected chi connectivity index (χ2v) is 25.6. The van der Waals surface area contributed by atoms with E-state index in [1.807, 2.05) is 34.6 Å². The van der Waals surface area contributed by atoms with E-state index >= 15 is 0 Å². The summed E-state index contributed by atoms with van der Waals surface area (Å²) in [5.41, 5.74) is 1.73. The summed E-state index contributed by atoms with van der Waals surface area (Å²) in [6.07, 6.45) is 11.1. The highest BCUT2D eigenvalue weighted by Crippen LogP contribution is 2.30. The van der Waals surface area contributed by atoms with Crippen molar-refractivity contribution < 1.29 is 56.5 Å². The van der Waals surface area contributed by atoms with Crippen molar-refractivity contribution in [3.05, 3.63) is 142 Å². The van der Waals surface area contributed by atoms with Gasteiger partial charge in [0, 0.05) is 85.5 Å². The summed E-state index contributed by atoms with van der Waals surface area (Å²) in [5, 5.41) is 34.5. The number of carbonyl (C=O) groups excluding carboxylic acids is 6. The predicted octanol–water partition coefficient (Wildman–Crippen LogP) is 12.6. The lowest BCUT2D eigenvalue weighted by molar-refractivity contribution is -0.127. The van der Waals surface area contributed by atoms with Gasteiger partial charge in [-0.1, -0.05) is 99.6 Å². The van der Waals surface area contributed by atoms with Crippen molar-refractivity contribution in [2.75, 3.05) is 39.3 Å². The van der Waals surface area contributed by atoms with Gasteiger partial charge >= 0.3 is 0 Å². The lowest BCUT2D eigenvalue weighted by atomic mass is 9.83. The normalized spacial score (nSPS) is 18.5. The Bertz CT molecular complexity index is 2860. The molecule has 6 amide bonds. The topological polar surface area (TPSA) is 197 Å². The first-order chi connectivity index (χ1) is 43.0. The van der Waals surface area contributed by atoms with Crippen molar-refractivity contribution >= 4 is 35.4 Å². The summed E-state index contributed by atoms with van der Waals surface area (Å²) in [6.45, 7) is 19.8. The Balaban J connectivity index is 0.000000328. The Morgan fingerprint density at radius 1 is 0.489 bits per heavy atom. The van der Waals surface area contributed by atoms with E-state index in [1.54, 1.807) is 53.1 Å². The van der Waals surface area contributed by atoms with Crippen molar-refractivity contribution in [2.45, 2.75) is 195 Å². The van der Waals surface area contributed by atoms with Crippen LogP contribution in [0.5, 0.6) is 0 Å². The quantitative estimate of drug-likeness (QED) is 0.0260. The molecule has 4 aromatic carbocycles. The van der Waals surface area contributed by atoms with Crippen molar-refractivity contribution in [1.29, 1.82) is 0 Å². The molecule has 0 aliphatic heterocycles. The highest BCUT2D eigenvalue weighted by atomic mass is 19.1. The molecule has 6 N–H and O–H groups in total. The van der Waals surface area contributed by atoms with E-state index in [0.717, 1.165) is 114 Å². The van der Waals surface area contributed by atoms with Crippen LogP contribution in [-0.4, -0.2) is 119 Å². The highest BCUT2D eigenvalue weighted by Gasteiger charge is 2.32. The van der Waals surface area contributed by atoms with Crippen LogP contribution < -0.4 is 21.3 Å². The Morgan fingerprint density at radius 3 is 1.21 bits per heavy atom. The molecule has 6 rings (SSSR count). The van der Waals surface area contributed by atoms with E-state index in [4.69, 9.17) is 0 Å². The zero-order valence-electron chi connectivity index (χ0n) is 54.6. The molecule has 496 valence electrons. The molecule has 0 radical (unpaired) electrons. The van der Waals surface area contributed by atoms with Gasteiger partial charge in [-0.2, -0.15) is 0 Å². The van der Waals surface area contributed by atoms with Crippen LogP contribution >= 0.6 is 0 Å². The molecule has 0 aromatic heterocycles. The number of benzene rings is 4. The first kappa shape index (κ1) is 74.1. The van der Waals surface area contributed by atoms with Gasteiger partial charge in [0.05, 0.1) is 24.3 Å². The molecule has 2 aliphatic rings. The molecule has 0 heterocycles. The summed E-state index contributed by atoms with van der Waals surface area (Å²) < 4.78 is 56.2. The number of aliphatic hydroxyl groups is 2. The lowest BCUT2D eigenvalue weighted by Gasteiger charge is -2.29. The van der Waals surface area contributed by atoms with Crippen LogP contribution in [0.15, 0.2) is 84.9 Å². The monoisotopic (exact) mass is 1250 g/mol. The van der Waals surface area contributed by atoms with Gasteiger partial charge in [-0.05, 0) is 179 Å². The van der Waals surface area contributed by atoms with Crippen LogP contribution in [0.2, 0.25) is 0 Å². The first-order valence-corrected chi connectivity index (χ1v) is 33.3. The number of carbonyl (C=O) groups is 6. The number of rotatable bonds is 32. The molecule has 6 unspecified atom stereocenters. The number of halogens is 4. The minimum atomic E-state index is -1.18. The number of nitrogens with one attached hydrogen (secondary N) is 4. The van der Waals surface area contributed by atoms with E-state index in [0.29, 0.717) is 74.6 Å². The van der Waals surface area contributed by atoms with E-state index in [2.05, 4.69) is 35.1 Å². The minimum absolute atomic E-state index is 0.0395. The summed E-state index contributed by atoms with van der Waals surface area (Å²) in [4.78, 5) is 83.0. The van der Waals surface area contributed by atoms with Gasteiger partial charge in [-0.25, -0.2) is 17.6 Å². The van der Waals surface area contributed by atoms with Crippen molar-refractivity contribution in [1.82, 2.24) is 31.1 Å². The fraction of sp³-hybridized carbons (Fsp3) is 0.583. The maximum atomic E-state index is 14.1. The first-order valence-electron chi connectivity index (χ1n) is 33.3. The maximum absolute atomic E-state index is 14.1. The molecule has 4 aromatic rings. The fourth-order valence-corrected chi connectivity index (χ4v) is 12.4. The zero-order chi connectivity index (χ0) is 65.9. The summed E-state index contributed by atoms with van der Waals surface area (Å²) in [7, 11) is 0. The third kappa shape index (κ3) is 24.5. The van der Waals surface area contributed by atoms with Gasteiger partial charge in [-0.15, -0.1) is 0 Å². The summed E-state index contributed by atoms with van der Waals surface area (Å²) in [6, 6.07) is 17.1. The van der Waals surface area contributed by atoms with Gasteiger partial charge in [0.15, 0.2) is 0 Å². The Morgan fingerprint density at radius 2 is 0.844 bits per heavy atom. The molecule has 90 heavy (non-hydrogen) atoms. The molecule has 2 saturated carbocycles. The van der Waals surface area contributed by atoms with Crippen LogP contribution in [0.25, 0.3) is 0 Å². The number of nitrogens with zero attached hydrogens (tertiary/aromatic N) is 2. The van der Waals surface area contributed by atoms with E-state index in [9.17, 15) is 56.5 Å². The molecule has 18 heteroatoms. The second-order valence-electron chi connectivity index (χ2n) is 25.6. The molecule has 0 saturated heterocycles. The van der Waals surface area contributed by atoms with Gasteiger partial charge in [-0.3, -0.25) is 28.8 Å². The van der Waals surface area contributed by atoms with E-state index in [-0.39, 0.29) is 71.6 Å². The van der Waals surface area contributed by atoms with E-state index in [1.165, 1.54) is 24.3 Å². The smallest absolute Gasteiger partial charge is 0.253 e. The third-order valence-corrected chi connectivity index (χ3v) is 17.6. The average Bonchev–Trinajstić information content (AvgIpc) is 1.38. The molecular formula is C72H102F4N6O8. The molecule has 0 spiro atoms. The Labute approximate surface area is 532 Å². The Kier molecular flexibility index (Phi) is 31.5. The number of amides is 6. The summed E-state index contributed by atoms with van der Waals surface area (Å²) >= 11 is 0. The molecule has 6 atom stereocenters. The van der Waals surface area contributed by atoms with Crippen LogP contribution in [0.1, 0.15) is 211 Å². The molecule has 2 aliphatic carbocycles. The van der Waals surface area contributed by atoms with E-state index < -0.39 is 71.2 Å². The van der Waals surface area contributed by atoms with Crippen LogP contribution in [0.4, 0.5) is 17.6 Å². The molecular weight excluding hydrogens is 1150 g/mol. The third-order valence-electron chi connectivity index (χ3n) is 17.6. The van der Waals surface area contributed by atoms with Crippen LogP contribution in [0.3, 0.4) is 0 Å².